The van der Waals surface area contributed by atoms with E-state index in [4.69, 9.17) is 0 Å². The van der Waals surface area contributed by atoms with Gasteiger partial charge in [0.05, 0.1) is 11.9 Å². The number of rotatable bonds is 5. The molecule has 0 saturated heterocycles. The third kappa shape index (κ3) is 5.29. The summed E-state index contributed by atoms with van der Waals surface area (Å²) in [7, 11) is 1.36. The molecule has 1 atom stereocenters. The number of hydrogen-bond acceptors (Lipinski definition) is 3. The van der Waals surface area contributed by atoms with E-state index in [1.807, 2.05) is 0 Å². The third-order valence-corrected chi connectivity index (χ3v) is 2.61. The number of Topliss-reactive ketones (excluding diaryl/α,β-unsaturated/α-hetero) is 1. The van der Waals surface area contributed by atoms with Crippen LogP contribution in [0.15, 0.2) is 0 Å². The quantitative estimate of drug-likeness (QED) is 0.539. The molecule has 0 heterocycles. The van der Waals surface area contributed by atoms with Crippen molar-refractivity contribution in [3.8, 4) is 0 Å². The third-order valence-electron chi connectivity index (χ3n) is 1.51. The van der Waals surface area contributed by atoms with Crippen LogP contribution in [0, 0.1) is 0 Å². The van der Waals surface area contributed by atoms with Gasteiger partial charge in [-0.2, -0.15) is 0 Å². The predicted octanol–water partition coefficient (Wildman–Crippen LogP) is 1.68. The highest BCUT2D eigenvalue weighted by Crippen LogP contribution is 2.10. The van der Waals surface area contributed by atoms with Crippen molar-refractivity contribution in [2.24, 2.45) is 0 Å². The van der Waals surface area contributed by atoms with Gasteiger partial charge in [-0.15, -0.1) is 0 Å². The smallest absolute Gasteiger partial charge is 0.305 e. The topological polar surface area (TPSA) is 43.4 Å². The van der Waals surface area contributed by atoms with Gasteiger partial charge in [-0.25, -0.2) is 0 Å². The average Bonchev–Trinajstić information content (AvgIpc) is 2.03. The highest BCUT2D eigenvalue weighted by molar-refractivity contribution is 9.10. The number of hydrogen-bond donors (Lipinski definition) is 0. The molecule has 0 aromatic heterocycles. The lowest BCUT2D eigenvalue weighted by Gasteiger charge is -2.03. The first-order valence-electron chi connectivity index (χ1n) is 3.79. The molecule has 0 aromatic carbocycles. The number of carbonyl (C=O) groups is 2. The fourth-order valence-corrected chi connectivity index (χ4v) is 1.05. The maximum atomic E-state index is 10.7. The summed E-state index contributed by atoms with van der Waals surface area (Å²) in [4.78, 5) is 21.2. The van der Waals surface area contributed by atoms with E-state index < -0.39 is 0 Å². The Morgan fingerprint density at radius 3 is 2.50 bits per heavy atom. The van der Waals surface area contributed by atoms with Crippen molar-refractivity contribution in [3.05, 3.63) is 0 Å². The number of ether oxygens (including phenoxy) is 1. The highest BCUT2D eigenvalue weighted by atomic mass is 79.9. The number of methoxy groups -OCH3 is 1. The van der Waals surface area contributed by atoms with E-state index in [2.05, 4.69) is 20.7 Å². The summed E-state index contributed by atoms with van der Waals surface area (Å²) in [6.45, 7) is 1.53. The average molecular weight is 237 g/mol. The SMILES string of the molecule is COC(=O)CCCC(Br)C(C)=O. The van der Waals surface area contributed by atoms with Crippen molar-refractivity contribution < 1.29 is 14.3 Å². The zero-order valence-corrected chi connectivity index (χ0v) is 8.89. The minimum Gasteiger partial charge on any atom is -0.469 e. The first-order chi connectivity index (χ1) is 5.57. The van der Waals surface area contributed by atoms with Crippen LogP contribution in [0.2, 0.25) is 0 Å². The fourth-order valence-electron chi connectivity index (χ4n) is 0.731. The molecule has 12 heavy (non-hydrogen) atoms. The monoisotopic (exact) mass is 236 g/mol. The van der Waals surface area contributed by atoms with Crippen molar-refractivity contribution in [1.82, 2.24) is 0 Å². The van der Waals surface area contributed by atoms with Gasteiger partial charge in [-0.05, 0) is 19.8 Å². The maximum Gasteiger partial charge on any atom is 0.305 e. The molecule has 0 bridgehead atoms. The molecule has 0 aromatic rings. The zero-order valence-electron chi connectivity index (χ0n) is 7.30. The normalized spacial score (nSPS) is 12.2. The van der Waals surface area contributed by atoms with Crippen LogP contribution in [0.25, 0.3) is 0 Å². The van der Waals surface area contributed by atoms with Crippen molar-refractivity contribution in [2.75, 3.05) is 7.11 Å². The second kappa shape index (κ2) is 6.17. The van der Waals surface area contributed by atoms with Gasteiger partial charge >= 0.3 is 5.97 Å². The van der Waals surface area contributed by atoms with Crippen molar-refractivity contribution in [1.29, 1.82) is 0 Å². The summed E-state index contributed by atoms with van der Waals surface area (Å²) in [6, 6.07) is 0. The van der Waals surface area contributed by atoms with E-state index in [9.17, 15) is 9.59 Å². The van der Waals surface area contributed by atoms with Crippen LogP contribution in [0.1, 0.15) is 26.2 Å². The minimum atomic E-state index is -0.224. The molecule has 0 aliphatic heterocycles. The standard InChI is InChI=1S/C8H13BrO3/c1-6(10)7(9)4-3-5-8(11)12-2/h7H,3-5H2,1-2H3. The lowest BCUT2D eigenvalue weighted by atomic mass is 10.1. The highest BCUT2D eigenvalue weighted by Gasteiger charge is 2.10. The molecule has 0 rings (SSSR count). The lowest BCUT2D eigenvalue weighted by Crippen LogP contribution is -2.10. The Bertz CT molecular complexity index is 168. The Hall–Kier alpha value is -0.380. The molecule has 0 radical (unpaired) electrons. The summed E-state index contributed by atoms with van der Waals surface area (Å²) < 4.78 is 4.45. The molecule has 3 nitrogen and oxygen atoms in total. The molecule has 0 N–H and O–H groups in total. The van der Waals surface area contributed by atoms with E-state index in [1.165, 1.54) is 14.0 Å². The molecule has 0 amide bonds. The Labute approximate surface area is 80.6 Å². The van der Waals surface area contributed by atoms with Crippen LogP contribution in [0.5, 0.6) is 0 Å². The van der Waals surface area contributed by atoms with E-state index in [-0.39, 0.29) is 16.6 Å². The van der Waals surface area contributed by atoms with Crippen LogP contribution >= 0.6 is 15.9 Å². The summed E-state index contributed by atoms with van der Waals surface area (Å²) in [5.74, 6) is -0.127. The predicted molar refractivity (Wildman–Crippen MR) is 49.3 cm³/mol. The molecule has 4 heteroatoms. The van der Waals surface area contributed by atoms with Crippen LogP contribution in [-0.4, -0.2) is 23.7 Å². The van der Waals surface area contributed by atoms with E-state index >= 15 is 0 Å². The van der Waals surface area contributed by atoms with E-state index in [0.29, 0.717) is 19.3 Å². The summed E-state index contributed by atoms with van der Waals surface area (Å²) >= 11 is 3.21. The van der Waals surface area contributed by atoms with Crippen LogP contribution < -0.4 is 0 Å². The molecule has 0 spiro atoms. The van der Waals surface area contributed by atoms with Gasteiger partial charge < -0.3 is 4.74 Å². The molecule has 1 unspecified atom stereocenters. The van der Waals surface area contributed by atoms with Crippen LogP contribution in [0.4, 0.5) is 0 Å². The van der Waals surface area contributed by atoms with Gasteiger partial charge in [-0.3, -0.25) is 9.59 Å². The Morgan fingerprint density at radius 1 is 1.50 bits per heavy atom. The Morgan fingerprint density at radius 2 is 2.08 bits per heavy atom. The van der Waals surface area contributed by atoms with Crippen LogP contribution in [-0.2, 0) is 14.3 Å². The van der Waals surface area contributed by atoms with Crippen molar-refractivity contribution in [2.45, 2.75) is 31.0 Å². The van der Waals surface area contributed by atoms with E-state index in [1.54, 1.807) is 0 Å². The molecule has 0 aliphatic rings. The second-order valence-electron chi connectivity index (χ2n) is 2.55. The largest absolute Gasteiger partial charge is 0.469 e. The first-order valence-corrected chi connectivity index (χ1v) is 4.70. The maximum absolute atomic E-state index is 10.7. The number of carbonyl (C=O) groups excluding carboxylic acids is 2. The molecular formula is C8H13BrO3. The molecule has 70 valence electrons. The molecular weight excluding hydrogens is 224 g/mol. The number of halogens is 1. The summed E-state index contributed by atoms with van der Waals surface area (Å²) in [6.07, 6.45) is 1.75. The summed E-state index contributed by atoms with van der Waals surface area (Å²) in [5.41, 5.74) is 0. The Kier molecular flexibility index (Phi) is 5.98. The second-order valence-corrected chi connectivity index (χ2v) is 3.65. The zero-order chi connectivity index (χ0) is 9.56. The number of esters is 1. The van der Waals surface area contributed by atoms with Crippen molar-refractivity contribution in [3.63, 3.8) is 0 Å². The van der Waals surface area contributed by atoms with Gasteiger partial charge in [0.2, 0.25) is 0 Å². The van der Waals surface area contributed by atoms with E-state index in [0.717, 1.165) is 0 Å². The van der Waals surface area contributed by atoms with Crippen molar-refractivity contribution >= 4 is 27.7 Å². The number of alkyl halides is 1. The molecule has 0 aliphatic carbocycles. The van der Waals surface area contributed by atoms with Gasteiger partial charge in [0.25, 0.3) is 0 Å². The van der Waals surface area contributed by atoms with Gasteiger partial charge in [0.15, 0.2) is 0 Å². The fraction of sp³-hybridized carbons (Fsp3) is 0.750. The summed E-state index contributed by atoms with van der Waals surface area (Å²) in [5, 5.41) is 0. The lowest BCUT2D eigenvalue weighted by molar-refractivity contribution is -0.140. The van der Waals surface area contributed by atoms with Crippen LogP contribution in [0.3, 0.4) is 0 Å². The number of ketones is 1. The first kappa shape index (κ1) is 11.6. The molecule has 0 saturated carbocycles. The molecule has 0 fully saturated rings. The minimum absolute atomic E-state index is 0.0971. The van der Waals surface area contributed by atoms with Gasteiger partial charge in [-0.1, -0.05) is 15.9 Å². The van der Waals surface area contributed by atoms with Gasteiger partial charge in [0, 0.05) is 6.42 Å². The Balaban J connectivity index is 3.43. The van der Waals surface area contributed by atoms with Gasteiger partial charge in [0.1, 0.15) is 5.78 Å².